The first-order chi connectivity index (χ1) is 5.75. The van der Waals surface area contributed by atoms with Gasteiger partial charge in [0, 0.05) is 24.3 Å². The molecular formula is C7H8BN3S. The second kappa shape index (κ2) is 2.90. The molecule has 2 rings (SSSR count). The number of rotatable bonds is 0. The Balaban J connectivity index is 2.36. The first-order valence-electron chi connectivity index (χ1n) is 3.84. The van der Waals surface area contributed by atoms with E-state index in [0.717, 1.165) is 23.6 Å². The third-order valence-corrected chi connectivity index (χ3v) is 2.15. The minimum atomic E-state index is 0.578. The fourth-order valence-electron chi connectivity index (χ4n) is 1.34. The van der Waals surface area contributed by atoms with Crippen LogP contribution in [0.15, 0.2) is 6.07 Å². The maximum absolute atomic E-state index is 5.56. The number of nitrogens with zero attached hydrogens (tertiary/aromatic N) is 2. The zero-order valence-electron chi connectivity index (χ0n) is 6.58. The quantitative estimate of drug-likeness (QED) is 0.413. The summed E-state index contributed by atoms with van der Waals surface area (Å²) < 4.78 is 1.86. The first-order valence-corrected chi connectivity index (χ1v) is 4.25. The van der Waals surface area contributed by atoms with Crippen molar-refractivity contribution in [1.82, 2.24) is 15.1 Å². The molecule has 0 fully saturated rings. The Morgan fingerprint density at radius 2 is 2.50 bits per heavy atom. The third kappa shape index (κ3) is 1.36. The Bertz CT molecular complexity index is 320. The van der Waals surface area contributed by atoms with E-state index in [4.69, 9.17) is 20.1 Å². The highest BCUT2D eigenvalue weighted by Crippen LogP contribution is 2.01. The molecule has 0 amide bonds. The SMILES string of the molecule is [B]c1cc2n(n1)CC(=S)NCC2. The topological polar surface area (TPSA) is 29.9 Å². The van der Waals surface area contributed by atoms with E-state index < -0.39 is 0 Å². The Morgan fingerprint density at radius 1 is 1.67 bits per heavy atom. The van der Waals surface area contributed by atoms with Gasteiger partial charge in [-0.05, 0) is 6.07 Å². The van der Waals surface area contributed by atoms with Gasteiger partial charge in [0.05, 0.1) is 11.5 Å². The van der Waals surface area contributed by atoms with Crippen LogP contribution < -0.4 is 10.9 Å². The number of fused-ring (bicyclic) bond motifs is 1. The third-order valence-electron chi connectivity index (χ3n) is 1.88. The van der Waals surface area contributed by atoms with Crippen molar-refractivity contribution in [2.75, 3.05) is 6.54 Å². The summed E-state index contributed by atoms with van der Waals surface area (Å²) in [5.74, 6) is 0. The van der Waals surface area contributed by atoms with Gasteiger partial charge in [-0.15, -0.1) is 0 Å². The maximum atomic E-state index is 5.56. The van der Waals surface area contributed by atoms with E-state index in [1.807, 2.05) is 10.7 Å². The van der Waals surface area contributed by atoms with Crippen LogP contribution >= 0.6 is 12.2 Å². The molecule has 3 nitrogen and oxygen atoms in total. The highest BCUT2D eigenvalue weighted by molar-refractivity contribution is 7.80. The highest BCUT2D eigenvalue weighted by atomic mass is 32.1. The lowest BCUT2D eigenvalue weighted by Gasteiger charge is -2.01. The number of nitrogens with one attached hydrogen (secondary N) is 1. The van der Waals surface area contributed by atoms with Crippen molar-refractivity contribution in [3.63, 3.8) is 0 Å². The second-order valence-corrected chi connectivity index (χ2v) is 3.31. The van der Waals surface area contributed by atoms with E-state index in [-0.39, 0.29) is 0 Å². The molecule has 0 saturated heterocycles. The van der Waals surface area contributed by atoms with Crippen LogP contribution in [0.3, 0.4) is 0 Å². The van der Waals surface area contributed by atoms with Crippen molar-refractivity contribution in [2.24, 2.45) is 0 Å². The van der Waals surface area contributed by atoms with Gasteiger partial charge in [0.25, 0.3) is 0 Å². The zero-order chi connectivity index (χ0) is 8.55. The molecule has 1 N–H and O–H groups in total. The van der Waals surface area contributed by atoms with Gasteiger partial charge in [0.1, 0.15) is 7.85 Å². The highest BCUT2D eigenvalue weighted by Gasteiger charge is 2.10. The van der Waals surface area contributed by atoms with Crippen LogP contribution in [-0.4, -0.2) is 29.2 Å². The van der Waals surface area contributed by atoms with E-state index in [2.05, 4.69) is 10.4 Å². The summed E-state index contributed by atoms with van der Waals surface area (Å²) in [5, 5.41) is 7.26. The van der Waals surface area contributed by atoms with Crippen molar-refractivity contribution < 1.29 is 0 Å². The van der Waals surface area contributed by atoms with Gasteiger partial charge in [-0.2, -0.15) is 5.10 Å². The van der Waals surface area contributed by atoms with Gasteiger partial charge >= 0.3 is 0 Å². The average Bonchev–Trinajstić information content (AvgIpc) is 2.23. The standard InChI is InChI=1S/C7H8BN3S/c8-6-3-5-1-2-9-7(12)4-11(5)10-6/h3H,1-2,4H2,(H,9,12). The summed E-state index contributed by atoms with van der Waals surface area (Å²) in [6, 6.07) is 1.90. The van der Waals surface area contributed by atoms with Crippen LogP contribution in [-0.2, 0) is 13.0 Å². The minimum absolute atomic E-state index is 0.578. The van der Waals surface area contributed by atoms with E-state index in [1.165, 1.54) is 0 Å². The van der Waals surface area contributed by atoms with Crippen LogP contribution in [0.2, 0.25) is 0 Å². The predicted molar refractivity (Wildman–Crippen MR) is 51.9 cm³/mol. The Hall–Kier alpha value is -0.835. The Morgan fingerprint density at radius 3 is 3.33 bits per heavy atom. The van der Waals surface area contributed by atoms with Gasteiger partial charge in [0.2, 0.25) is 0 Å². The summed E-state index contributed by atoms with van der Waals surface area (Å²) in [6.07, 6.45) is 0.935. The molecule has 2 heterocycles. The van der Waals surface area contributed by atoms with Gasteiger partial charge in [0.15, 0.2) is 0 Å². The van der Waals surface area contributed by atoms with Crippen LogP contribution in [0, 0.1) is 0 Å². The Kier molecular flexibility index (Phi) is 1.88. The van der Waals surface area contributed by atoms with E-state index in [1.54, 1.807) is 0 Å². The molecule has 0 bridgehead atoms. The normalized spacial score (nSPS) is 16.5. The maximum Gasteiger partial charge on any atom is 0.144 e. The van der Waals surface area contributed by atoms with Crippen molar-refractivity contribution >= 4 is 30.6 Å². The van der Waals surface area contributed by atoms with Crippen molar-refractivity contribution in [1.29, 1.82) is 0 Å². The first kappa shape index (κ1) is 7.80. The number of aromatic nitrogens is 2. The molecule has 1 aromatic heterocycles. The lowest BCUT2D eigenvalue weighted by molar-refractivity contribution is 0.699. The molecule has 1 aromatic rings. The van der Waals surface area contributed by atoms with Gasteiger partial charge in [-0.3, -0.25) is 4.68 Å². The summed E-state index contributed by atoms with van der Waals surface area (Å²) in [7, 11) is 5.56. The van der Waals surface area contributed by atoms with Crippen LogP contribution in [0.5, 0.6) is 0 Å². The molecule has 0 atom stereocenters. The largest absolute Gasteiger partial charge is 0.378 e. The predicted octanol–water partition coefficient (Wildman–Crippen LogP) is -0.850. The molecule has 1 aliphatic rings. The molecule has 12 heavy (non-hydrogen) atoms. The van der Waals surface area contributed by atoms with E-state index in [0.29, 0.717) is 12.1 Å². The fraction of sp³-hybridized carbons (Fsp3) is 0.429. The molecule has 0 unspecified atom stereocenters. The fourth-order valence-corrected chi connectivity index (χ4v) is 1.56. The minimum Gasteiger partial charge on any atom is -0.378 e. The summed E-state index contributed by atoms with van der Waals surface area (Å²) in [6.45, 7) is 1.53. The number of hydrogen-bond acceptors (Lipinski definition) is 2. The van der Waals surface area contributed by atoms with Crippen LogP contribution in [0.25, 0.3) is 0 Å². The van der Waals surface area contributed by atoms with Crippen molar-refractivity contribution in [3.05, 3.63) is 11.8 Å². The molecular weight excluding hydrogens is 169 g/mol. The summed E-state index contributed by atoms with van der Waals surface area (Å²) in [5.41, 5.74) is 1.73. The van der Waals surface area contributed by atoms with Gasteiger partial charge < -0.3 is 5.32 Å². The molecule has 0 saturated carbocycles. The van der Waals surface area contributed by atoms with Crippen LogP contribution in [0.4, 0.5) is 0 Å². The molecule has 0 spiro atoms. The lowest BCUT2D eigenvalue weighted by atomic mass is 10.1. The lowest BCUT2D eigenvalue weighted by Crippen LogP contribution is -2.24. The second-order valence-electron chi connectivity index (χ2n) is 2.82. The average molecular weight is 177 g/mol. The van der Waals surface area contributed by atoms with Gasteiger partial charge in [-0.1, -0.05) is 12.2 Å². The molecule has 60 valence electrons. The van der Waals surface area contributed by atoms with Crippen molar-refractivity contribution in [2.45, 2.75) is 13.0 Å². The zero-order valence-corrected chi connectivity index (χ0v) is 7.40. The summed E-state index contributed by atoms with van der Waals surface area (Å²) >= 11 is 5.07. The van der Waals surface area contributed by atoms with Gasteiger partial charge in [-0.25, -0.2) is 0 Å². The molecule has 1 aliphatic heterocycles. The molecule has 5 heteroatoms. The summed E-state index contributed by atoms with van der Waals surface area (Å²) in [4.78, 5) is 0.830. The monoisotopic (exact) mass is 177 g/mol. The molecule has 2 radical (unpaired) electrons. The number of hydrogen-bond donors (Lipinski definition) is 1. The van der Waals surface area contributed by atoms with Crippen molar-refractivity contribution in [3.8, 4) is 0 Å². The Labute approximate surface area is 77.6 Å². The van der Waals surface area contributed by atoms with E-state index in [9.17, 15) is 0 Å². The van der Waals surface area contributed by atoms with Crippen LogP contribution in [0.1, 0.15) is 5.69 Å². The number of thiocarbonyl (C=S) groups is 1. The smallest absolute Gasteiger partial charge is 0.144 e. The molecule has 0 aromatic carbocycles. The molecule has 0 aliphatic carbocycles. The van der Waals surface area contributed by atoms with E-state index >= 15 is 0 Å².